The number of hydrogen-bond donors (Lipinski definition) is 2. The van der Waals surface area contributed by atoms with Crippen LogP contribution in [0, 0.1) is 0 Å². The van der Waals surface area contributed by atoms with Crippen molar-refractivity contribution in [2.24, 2.45) is 15.2 Å². The number of ether oxygens (including phenoxy) is 2. The van der Waals surface area contributed by atoms with E-state index in [9.17, 15) is 24.6 Å². The van der Waals surface area contributed by atoms with Crippen LogP contribution >= 0.6 is 23.5 Å². The summed E-state index contributed by atoms with van der Waals surface area (Å²) >= 11 is 2.29. The van der Waals surface area contributed by atoms with Crippen LogP contribution in [0.25, 0.3) is 16.5 Å². The Balaban J connectivity index is 1.57. The highest BCUT2D eigenvalue weighted by Gasteiger charge is 2.34. The summed E-state index contributed by atoms with van der Waals surface area (Å²) in [5.74, 6) is -1.43. The molecule has 0 bridgehead atoms. The summed E-state index contributed by atoms with van der Waals surface area (Å²) in [6.07, 6.45) is 3.06. The van der Waals surface area contributed by atoms with Crippen LogP contribution in [-0.4, -0.2) is 57.3 Å². The van der Waals surface area contributed by atoms with Crippen LogP contribution in [0.3, 0.4) is 0 Å². The van der Waals surface area contributed by atoms with Crippen molar-refractivity contribution in [1.29, 1.82) is 0 Å². The van der Waals surface area contributed by atoms with Crippen molar-refractivity contribution in [3.63, 3.8) is 0 Å². The van der Waals surface area contributed by atoms with E-state index in [2.05, 4.69) is 20.0 Å². The van der Waals surface area contributed by atoms with Gasteiger partial charge in [0.15, 0.2) is 5.69 Å². The molecule has 2 N–H and O–H groups in total. The van der Waals surface area contributed by atoms with E-state index in [1.807, 2.05) is 32.9 Å². The van der Waals surface area contributed by atoms with Gasteiger partial charge in [-0.1, -0.05) is 18.2 Å². The van der Waals surface area contributed by atoms with Crippen molar-refractivity contribution in [1.82, 2.24) is 4.57 Å². The van der Waals surface area contributed by atoms with Crippen LogP contribution in [0.4, 0.5) is 5.69 Å². The van der Waals surface area contributed by atoms with Gasteiger partial charge in [-0.3, -0.25) is 4.79 Å². The Morgan fingerprint density at radius 1 is 1.21 bits per heavy atom. The molecular formula is C29H26N4O7S2. The molecule has 1 amide bonds. The van der Waals surface area contributed by atoms with E-state index in [0.29, 0.717) is 33.9 Å². The highest BCUT2D eigenvalue weighted by molar-refractivity contribution is 8.18. The molecule has 216 valence electrons. The number of methoxy groups -OCH3 is 1. The summed E-state index contributed by atoms with van der Waals surface area (Å²) in [6.45, 7) is 6.16. The monoisotopic (exact) mass is 606 g/mol. The quantitative estimate of drug-likeness (QED) is 0.133. The number of carboxylic acid groups (broad SMARTS) is 1. The van der Waals surface area contributed by atoms with Crippen LogP contribution in [0.2, 0.25) is 0 Å². The molecule has 0 saturated carbocycles. The second kappa shape index (κ2) is 11.5. The van der Waals surface area contributed by atoms with Gasteiger partial charge in [-0.2, -0.15) is 4.99 Å². The maximum Gasteiger partial charge on any atom is 0.336 e. The van der Waals surface area contributed by atoms with Crippen molar-refractivity contribution in [2.75, 3.05) is 19.5 Å². The standard InChI is InChI=1S/C29H26N4O7S2/c1-5-40-16-10-18-15(14-41-20-9-7-6-8-17(20)27(37)38)13-29(2,3)33-24(18)19(11-16)23(26(33)36)31-32-28-30-25(35)21(42-28)12-22(34)39-4/h6-13,36H,5,14H2,1-4H3,(H,37,38). The smallest absolute Gasteiger partial charge is 0.336 e. The number of carboxylic acids is 1. The first-order valence-electron chi connectivity index (χ1n) is 12.8. The fraction of sp³-hybridized carbons (Fsp3) is 0.241. The van der Waals surface area contributed by atoms with Crippen LogP contribution in [0.5, 0.6) is 11.6 Å². The molecule has 0 atom stereocenters. The molecule has 2 aliphatic rings. The molecular weight excluding hydrogens is 580 g/mol. The number of esters is 1. The number of aromatic hydroxyl groups is 1. The minimum Gasteiger partial charge on any atom is -0.494 e. The fourth-order valence-corrected chi connectivity index (χ4v) is 6.56. The van der Waals surface area contributed by atoms with Gasteiger partial charge in [-0.05, 0) is 62.4 Å². The molecule has 1 aromatic heterocycles. The summed E-state index contributed by atoms with van der Waals surface area (Å²) in [5, 5.41) is 30.1. The summed E-state index contributed by atoms with van der Waals surface area (Å²) in [6, 6.07) is 10.5. The molecule has 0 spiro atoms. The topological polar surface area (TPSA) is 152 Å². The van der Waals surface area contributed by atoms with E-state index < -0.39 is 23.4 Å². The Kier molecular flexibility index (Phi) is 7.97. The van der Waals surface area contributed by atoms with E-state index in [1.54, 1.807) is 34.9 Å². The predicted molar refractivity (Wildman–Crippen MR) is 161 cm³/mol. The predicted octanol–water partition coefficient (Wildman–Crippen LogP) is 6.14. The third-order valence-corrected chi connectivity index (χ3v) is 8.53. The summed E-state index contributed by atoms with van der Waals surface area (Å²) in [4.78, 5) is 40.0. The first kappa shape index (κ1) is 29.1. The minimum absolute atomic E-state index is 0.0121. The number of aromatic carboxylic acids is 1. The molecule has 2 aliphatic heterocycles. The third-order valence-electron chi connectivity index (χ3n) is 6.54. The Bertz CT molecular complexity index is 1770. The number of benzene rings is 2. The van der Waals surface area contributed by atoms with Crippen molar-refractivity contribution in [2.45, 2.75) is 31.2 Å². The van der Waals surface area contributed by atoms with Gasteiger partial charge in [0.25, 0.3) is 5.91 Å². The number of hydrogen-bond acceptors (Lipinski definition) is 10. The van der Waals surface area contributed by atoms with Gasteiger partial charge in [-0.25, -0.2) is 9.59 Å². The molecule has 42 heavy (non-hydrogen) atoms. The lowest BCUT2D eigenvalue weighted by Gasteiger charge is -2.32. The Hall–Kier alpha value is -4.36. The maximum absolute atomic E-state index is 12.2. The Morgan fingerprint density at radius 2 is 1.98 bits per heavy atom. The summed E-state index contributed by atoms with van der Waals surface area (Å²) in [5.41, 5.74) is 2.15. The van der Waals surface area contributed by atoms with Gasteiger partial charge in [0.2, 0.25) is 11.0 Å². The van der Waals surface area contributed by atoms with Gasteiger partial charge in [0, 0.05) is 27.7 Å². The average Bonchev–Trinajstić information content (AvgIpc) is 3.44. The second-order valence-electron chi connectivity index (χ2n) is 9.75. The number of amides is 1. The van der Waals surface area contributed by atoms with Crippen LogP contribution in [0.1, 0.15) is 36.7 Å². The molecule has 2 aromatic carbocycles. The number of nitrogens with zero attached hydrogens (tertiary/aromatic N) is 4. The molecule has 13 heteroatoms. The highest BCUT2D eigenvalue weighted by atomic mass is 32.2. The van der Waals surface area contributed by atoms with E-state index >= 15 is 0 Å². The van der Waals surface area contributed by atoms with Crippen molar-refractivity contribution < 1.29 is 34.1 Å². The van der Waals surface area contributed by atoms with Gasteiger partial charge >= 0.3 is 11.9 Å². The zero-order valence-corrected chi connectivity index (χ0v) is 24.7. The normalized spacial score (nSPS) is 16.7. The molecule has 0 fully saturated rings. The molecule has 0 radical (unpaired) electrons. The zero-order valence-electron chi connectivity index (χ0n) is 23.1. The van der Waals surface area contributed by atoms with Crippen LogP contribution < -0.4 is 4.74 Å². The first-order valence-corrected chi connectivity index (χ1v) is 14.6. The highest BCUT2D eigenvalue weighted by Crippen LogP contribution is 2.50. The Morgan fingerprint density at radius 3 is 2.69 bits per heavy atom. The van der Waals surface area contributed by atoms with Gasteiger partial charge in [-0.15, -0.1) is 22.0 Å². The van der Waals surface area contributed by atoms with Crippen molar-refractivity contribution >= 4 is 68.7 Å². The van der Waals surface area contributed by atoms with Gasteiger partial charge in [0.05, 0.1) is 35.2 Å². The Labute approximate surface area is 249 Å². The zero-order chi connectivity index (χ0) is 30.2. The van der Waals surface area contributed by atoms with Crippen molar-refractivity contribution in [3.8, 4) is 11.6 Å². The molecule has 0 saturated heterocycles. The van der Waals surface area contributed by atoms with Crippen LogP contribution in [-0.2, 0) is 19.9 Å². The lowest BCUT2D eigenvalue weighted by atomic mass is 9.91. The number of rotatable bonds is 8. The lowest BCUT2D eigenvalue weighted by molar-refractivity contribution is -0.135. The number of azo groups is 1. The number of aromatic nitrogens is 1. The number of carbonyl (C=O) groups excluding carboxylic acids is 2. The molecule has 3 heterocycles. The molecule has 5 rings (SSSR count). The second-order valence-corrected chi connectivity index (χ2v) is 11.8. The molecule has 3 aromatic rings. The van der Waals surface area contributed by atoms with E-state index in [4.69, 9.17) is 4.74 Å². The fourth-order valence-electron chi connectivity index (χ4n) is 4.83. The number of aliphatic imine (C=N–C) groups is 1. The average molecular weight is 607 g/mol. The van der Waals surface area contributed by atoms with Gasteiger partial charge in [0.1, 0.15) is 5.75 Å². The largest absolute Gasteiger partial charge is 0.494 e. The van der Waals surface area contributed by atoms with E-state index in [-0.39, 0.29) is 27.2 Å². The summed E-state index contributed by atoms with van der Waals surface area (Å²) in [7, 11) is 1.20. The lowest BCUT2D eigenvalue weighted by Crippen LogP contribution is -2.27. The SMILES string of the molecule is CCOc1cc2c3c(c1)c(N=NC1=NC(=O)C(=CC(=O)OC)S1)c(O)n3C(C)(C)C=C2CSc1ccccc1C(=O)O. The van der Waals surface area contributed by atoms with E-state index in [0.717, 1.165) is 29.0 Å². The summed E-state index contributed by atoms with van der Waals surface area (Å²) < 4.78 is 12.2. The number of amidine groups is 1. The number of allylic oxidation sites excluding steroid dienone is 1. The molecule has 0 unspecified atom stereocenters. The molecule has 0 aliphatic carbocycles. The van der Waals surface area contributed by atoms with Crippen molar-refractivity contribution in [3.05, 3.63) is 64.6 Å². The third kappa shape index (κ3) is 5.44. The van der Waals surface area contributed by atoms with Crippen LogP contribution in [0.15, 0.2) is 73.6 Å². The number of thioether (sulfide) groups is 2. The minimum atomic E-state index is -0.995. The number of carbonyl (C=O) groups is 3. The van der Waals surface area contributed by atoms with E-state index in [1.165, 1.54) is 18.9 Å². The molecule has 11 nitrogen and oxygen atoms in total. The van der Waals surface area contributed by atoms with Gasteiger partial charge < -0.3 is 24.3 Å². The first-order chi connectivity index (χ1) is 20.0. The maximum atomic E-state index is 12.2.